The highest BCUT2D eigenvalue weighted by atomic mass is 32.2. The first kappa shape index (κ1) is 20.2. The number of benzene rings is 1. The van der Waals surface area contributed by atoms with Gasteiger partial charge in [0.25, 0.3) is 5.91 Å². The number of aromatic nitrogens is 1. The molecule has 1 saturated heterocycles. The lowest BCUT2D eigenvalue weighted by molar-refractivity contribution is 0.0691. The molecule has 9 heteroatoms. The van der Waals surface area contributed by atoms with E-state index in [2.05, 4.69) is 9.71 Å². The Bertz CT molecular complexity index is 929. The van der Waals surface area contributed by atoms with Gasteiger partial charge in [0.2, 0.25) is 10.0 Å². The Hall–Kier alpha value is -2.52. The minimum atomic E-state index is -3.81. The van der Waals surface area contributed by atoms with Crippen LogP contribution < -0.4 is 9.46 Å². The summed E-state index contributed by atoms with van der Waals surface area (Å²) in [6, 6.07) is 6.97. The summed E-state index contributed by atoms with van der Waals surface area (Å²) < 4.78 is 45.9. The number of carbonyl (C=O) groups excluding carboxylic acids is 1. The van der Waals surface area contributed by atoms with Crippen molar-refractivity contribution in [2.45, 2.75) is 17.7 Å². The Morgan fingerprint density at radius 2 is 2.07 bits per heavy atom. The molecule has 0 atom stereocenters. The lowest BCUT2D eigenvalue weighted by Gasteiger charge is -2.32. The molecule has 1 aromatic heterocycles. The SMILES string of the molecule is COc1ccc(S(=O)(=O)NCC2CCN(C(=O)c3cccnc3)CC2)cc1F. The largest absolute Gasteiger partial charge is 0.494 e. The van der Waals surface area contributed by atoms with Gasteiger partial charge in [-0.15, -0.1) is 0 Å². The summed E-state index contributed by atoms with van der Waals surface area (Å²) in [4.78, 5) is 18.0. The Balaban J connectivity index is 1.53. The van der Waals surface area contributed by atoms with E-state index >= 15 is 0 Å². The Morgan fingerprint density at radius 3 is 2.68 bits per heavy atom. The van der Waals surface area contributed by atoms with Gasteiger partial charge in [-0.3, -0.25) is 9.78 Å². The van der Waals surface area contributed by atoms with Crippen molar-refractivity contribution in [3.63, 3.8) is 0 Å². The molecule has 0 aliphatic carbocycles. The Kier molecular flexibility index (Phi) is 6.25. The normalized spacial score (nSPS) is 15.4. The van der Waals surface area contributed by atoms with Crippen molar-refractivity contribution in [1.82, 2.24) is 14.6 Å². The van der Waals surface area contributed by atoms with Crippen LogP contribution in [0.15, 0.2) is 47.6 Å². The first-order valence-electron chi connectivity index (χ1n) is 8.93. The third-order valence-electron chi connectivity index (χ3n) is 4.81. The lowest BCUT2D eigenvalue weighted by Crippen LogP contribution is -2.41. The zero-order valence-corrected chi connectivity index (χ0v) is 16.3. The van der Waals surface area contributed by atoms with Gasteiger partial charge in [0, 0.05) is 32.0 Å². The van der Waals surface area contributed by atoms with Crippen molar-refractivity contribution in [3.8, 4) is 5.75 Å². The molecule has 2 heterocycles. The van der Waals surface area contributed by atoms with Crippen LogP contribution in [0.4, 0.5) is 4.39 Å². The highest BCUT2D eigenvalue weighted by Crippen LogP contribution is 2.22. The van der Waals surface area contributed by atoms with E-state index in [1.807, 2.05) is 0 Å². The Morgan fingerprint density at radius 1 is 1.32 bits per heavy atom. The molecule has 2 aromatic rings. The van der Waals surface area contributed by atoms with E-state index in [9.17, 15) is 17.6 Å². The van der Waals surface area contributed by atoms with E-state index < -0.39 is 15.8 Å². The van der Waals surface area contributed by atoms with Crippen LogP contribution in [-0.4, -0.2) is 51.0 Å². The standard InChI is InChI=1S/C19H22FN3O4S/c1-27-18-5-4-16(11-17(18)20)28(25,26)22-12-14-6-9-23(10-7-14)19(24)15-3-2-8-21-13-15/h2-5,8,11,13-14,22H,6-7,9-10,12H2,1H3. The van der Waals surface area contributed by atoms with Crippen LogP contribution in [0, 0.1) is 11.7 Å². The fraction of sp³-hybridized carbons (Fsp3) is 0.368. The maximum Gasteiger partial charge on any atom is 0.255 e. The molecule has 1 N–H and O–H groups in total. The number of piperidine rings is 1. The van der Waals surface area contributed by atoms with E-state index in [0.29, 0.717) is 31.5 Å². The van der Waals surface area contributed by atoms with Crippen LogP contribution >= 0.6 is 0 Å². The number of likely N-dealkylation sites (tertiary alicyclic amines) is 1. The smallest absolute Gasteiger partial charge is 0.255 e. The van der Waals surface area contributed by atoms with Crippen LogP contribution in [0.2, 0.25) is 0 Å². The van der Waals surface area contributed by atoms with E-state index in [0.717, 1.165) is 6.07 Å². The predicted molar refractivity (Wildman–Crippen MR) is 101 cm³/mol. The third kappa shape index (κ3) is 4.66. The molecule has 1 fully saturated rings. The molecule has 1 aromatic carbocycles. The molecule has 3 rings (SSSR count). The van der Waals surface area contributed by atoms with Crippen molar-refractivity contribution in [2.24, 2.45) is 5.92 Å². The van der Waals surface area contributed by atoms with Gasteiger partial charge in [0.1, 0.15) is 0 Å². The molecule has 0 radical (unpaired) electrons. The molecule has 1 aliphatic heterocycles. The summed E-state index contributed by atoms with van der Waals surface area (Å²) in [7, 11) is -2.50. The number of carbonyl (C=O) groups is 1. The fourth-order valence-electron chi connectivity index (χ4n) is 3.14. The van der Waals surface area contributed by atoms with Crippen molar-refractivity contribution >= 4 is 15.9 Å². The lowest BCUT2D eigenvalue weighted by atomic mass is 9.97. The van der Waals surface area contributed by atoms with Crippen LogP contribution in [0.3, 0.4) is 0 Å². The van der Waals surface area contributed by atoms with Gasteiger partial charge in [-0.1, -0.05) is 0 Å². The fourth-order valence-corrected chi connectivity index (χ4v) is 4.26. The van der Waals surface area contributed by atoms with Crippen LogP contribution in [-0.2, 0) is 10.0 Å². The molecule has 150 valence electrons. The number of sulfonamides is 1. The number of methoxy groups -OCH3 is 1. The van der Waals surface area contributed by atoms with Gasteiger partial charge >= 0.3 is 0 Å². The average molecular weight is 407 g/mol. The summed E-state index contributed by atoms with van der Waals surface area (Å²) in [6.07, 6.45) is 4.53. The minimum absolute atomic E-state index is 0.00962. The van der Waals surface area contributed by atoms with E-state index in [-0.39, 0.29) is 29.0 Å². The number of nitrogens with zero attached hydrogens (tertiary/aromatic N) is 2. The second-order valence-corrected chi connectivity index (χ2v) is 8.39. The summed E-state index contributed by atoms with van der Waals surface area (Å²) in [6.45, 7) is 1.35. The van der Waals surface area contributed by atoms with Gasteiger partial charge in [-0.25, -0.2) is 17.5 Å². The number of hydrogen-bond acceptors (Lipinski definition) is 5. The van der Waals surface area contributed by atoms with E-state index in [4.69, 9.17) is 4.74 Å². The van der Waals surface area contributed by atoms with Gasteiger partial charge in [-0.05, 0) is 49.1 Å². The number of amides is 1. The van der Waals surface area contributed by atoms with Crippen LogP contribution in [0.25, 0.3) is 0 Å². The summed E-state index contributed by atoms with van der Waals surface area (Å²) in [5.41, 5.74) is 0.545. The van der Waals surface area contributed by atoms with Gasteiger partial charge in [0.05, 0.1) is 17.6 Å². The second kappa shape index (κ2) is 8.66. The van der Waals surface area contributed by atoms with Crippen molar-refractivity contribution in [2.75, 3.05) is 26.7 Å². The number of hydrogen-bond donors (Lipinski definition) is 1. The molecule has 0 unspecified atom stereocenters. The van der Waals surface area contributed by atoms with Gasteiger partial charge < -0.3 is 9.64 Å². The molecule has 0 bridgehead atoms. The molecule has 1 amide bonds. The number of rotatable bonds is 6. The molecule has 0 saturated carbocycles. The topological polar surface area (TPSA) is 88.6 Å². The molecule has 28 heavy (non-hydrogen) atoms. The highest BCUT2D eigenvalue weighted by molar-refractivity contribution is 7.89. The zero-order chi connectivity index (χ0) is 20.1. The van der Waals surface area contributed by atoms with Gasteiger partial charge in [0.15, 0.2) is 11.6 Å². The number of pyridine rings is 1. The zero-order valence-electron chi connectivity index (χ0n) is 15.5. The summed E-state index contributed by atoms with van der Waals surface area (Å²) in [5.74, 6) is -0.700. The van der Waals surface area contributed by atoms with Crippen molar-refractivity contribution in [3.05, 3.63) is 54.1 Å². The number of halogens is 1. The van der Waals surface area contributed by atoms with Crippen LogP contribution in [0.5, 0.6) is 5.75 Å². The Labute approximate surface area is 163 Å². The number of nitrogens with one attached hydrogen (secondary N) is 1. The highest BCUT2D eigenvalue weighted by Gasteiger charge is 2.25. The molecular formula is C19H22FN3O4S. The molecule has 7 nitrogen and oxygen atoms in total. The third-order valence-corrected chi connectivity index (χ3v) is 6.23. The summed E-state index contributed by atoms with van der Waals surface area (Å²) >= 11 is 0. The molecular weight excluding hydrogens is 385 g/mol. The second-order valence-electron chi connectivity index (χ2n) is 6.63. The van der Waals surface area contributed by atoms with E-state index in [1.165, 1.54) is 25.4 Å². The molecule has 1 aliphatic rings. The van der Waals surface area contributed by atoms with Crippen molar-refractivity contribution in [1.29, 1.82) is 0 Å². The summed E-state index contributed by atoms with van der Waals surface area (Å²) in [5, 5.41) is 0. The van der Waals surface area contributed by atoms with E-state index in [1.54, 1.807) is 23.2 Å². The molecule has 0 spiro atoms. The number of ether oxygens (including phenoxy) is 1. The monoisotopic (exact) mass is 407 g/mol. The van der Waals surface area contributed by atoms with Crippen LogP contribution in [0.1, 0.15) is 23.2 Å². The maximum atomic E-state index is 13.8. The predicted octanol–water partition coefficient (Wildman–Crippen LogP) is 2.06. The average Bonchev–Trinajstić information content (AvgIpc) is 2.72. The van der Waals surface area contributed by atoms with Crippen molar-refractivity contribution < 1.29 is 22.3 Å². The minimum Gasteiger partial charge on any atom is -0.494 e. The van der Waals surface area contributed by atoms with Gasteiger partial charge in [-0.2, -0.15) is 0 Å². The first-order chi connectivity index (χ1) is 13.4. The maximum absolute atomic E-state index is 13.8. The first-order valence-corrected chi connectivity index (χ1v) is 10.4. The quantitative estimate of drug-likeness (QED) is 0.792.